The molecular weight excluding hydrogens is 196 g/mol. The van der Waals surface area contributed by atoms with Gasteiger partial charge in [0.05, 0.1) is 11.0 Å². The highest BCUT2D eigenvalue weighted by Crippen LogP contribution is 2.24. The molecule has 16 heavy (non-hydrogen) atoms. The first-order valence-electron chi connectivity index (χ1n) is 5.36. The zero-order valence-electron chi connectivity index (χ0n) is 9.36. The Morgan fingerprint density at radius 2 is 1.81 bits per heavy atom. The molecule has 0 N–H and O–H groups in total. The molecule has 0 atom stereocenters. The number of fused-ring (bicyclic) bond motifs is 3. The van der Waals surface area contributed by atoms with Crippen molar-refractivity contribution in [3.8, 4) is 0 Å². The van der Waals surface area contributed by atoms with Crippen molar-refractivity contribution < 1.29 is 0 Å². The Balaban J connectivity index is 2.55. The molecule has 0 aliphatic carbocycles. The van der Waals surface area contributed by atoms with Gasteiger partial charge in [0.2, 0.25) is 0 Å². The van der Waals surface area contributed by atoms with Crippen LogP contribution in [0.5, 0.6) is 0 Å². The van der Waals surface area contributed by atoms with E-state index in [4.69, 9.17) is 0 Å². The van der Waals surface area contributed by atoms with Crippen LogP contribution in [0.2, 0.25) is 0 Å². The summed E-state index contributed by atoms with van der Waals surface area (Å²) < 4.78 is 0. The Morgan fingerprint density at radius 1 is 0.938 bits per heavy atom. The summed E-state index contributed by atoms with van der Waals surface area (Å²) in [4.78, 5) is 8.92. The van der Waals surface area contributed by atoms with Gasteiger partial charge in [-0.15, -0.1) is 0 Å². The Morgan fingerprint density at radius 3 is 2.69 bits per heavy atom. The van der Waals surface area contributed by atoms with Crippen LogP contribution in [-0.2, 0) is 0 Å². The molecule has 2 heterocycles. The van der Waals surface area contributed by atoms with Crippen LogP contribution >= 0.6 is 0 Å². The summed E-state index contributed by atoms with van der Waals surface area (Å²) >= 11 is 0. The van der Waals surface area contributed by atoms with Crippen molar-refractivity contribution in [2.45, 2.75) is 13.8 Å². The van der Waals surface area contributed by atoms with Crippen LogP contribution in [-0.4, -0.2) is 9.97 Å². The number of aryl methyl sites for hydroxylation is 2. The fraction of sp³-hybridized carbons (Fsp3) is 0.143. The van der Waals surface area contributed by atoms with E-state index in [1.54, 1.807) is 0 Å². The van der Waals surface area contributed by atoms with E-state index in [9.17, 15) is 0 Å². The summed E-state index contributed by atoms with van der Waals surface area (Å²) in [5, 5.41) is 2.34. The average Bonchev–Trinajstić information content (AvgIpc) is 2.28. The lowest BCUT2D eigenvalue weighted by atomic mass is 10.1. The molecule has 0 fully saturated rings. The molecule has 0 bridgehead atoms. The van der Waals surface area contributed by atoms with Gasteiger partial charge in [-0.25, -0.2) is 0 Å². The highest BCUT2D eigenvalue weighted by Gasteiger charge is 2.04. The molecule has 0 radical (unpaired) electrons. The summed E-state index contributed by atoms with van der Waals surface area (Å²) in [7, 11) is 0. The van der Waals surface area contributed by atoms with Crippen molar-refractivity contribution in [1.29, 1.82) is 0 Å². The summed E-state index contributed by atoms with van der Waals surface area (Å²) in [5.41, 5.74) is 4.41. The van der Waals surface area contributed by atoms with E-state index >= 15 is 0 Å². The van der Waals surface area contributed by atoms with E-state index in [-0.39, 0.29) is 0 Å². The van der Waals surface area contributed by atoms with Crippen LogP contribution in [0.1, 0.15) is 11.1 Å². The average molecular weight is 208 g/mol. The molecule has 0 saturated heterocycles. The third-order valence-electron chi connectivity index (χ3n) is 2.92. The second-order valence-corrected chi connectivity index (χ2v) is 4.17. The smallest absolute Gasteiger partial charge is 0.0967 e. The summed E-state index contributed by atoms with van der Waals surface area (Å²) in [6.45, 7) is 4.16. The molecule has 1 aromatic carbocycles. The Labute approximate surface area is 94.0 Å². The van der Waals surface area contributed by atoms with Crippen LogP contribution in [0.15, 0.2) is 36.7 Å². The maximum absolute atomic E-state index is 4.49. The lowest BCUT2D eigenvalue weighted by Crippen LogP contribution is -1.87. The molecular formula is C14H12N2. The SMILES string of the molecule is Cc1cnc2c(ccc3c(C)ccnc32)c1. The number of pyridine rings is 2. The standard InChI is InChI=1S/C14H12N2/c1-9-7-11-3-4-12-10(2)5-6-15-14(12)13(11)16-8-9/h3-8H,1-2H3. The lowest BCUT2D eigenvalue weighted by Gasteiger charge is -2.04. The van der Waals surface area contributed by atoms with Gasteiger partial charge in [-0.05, 0) is 37.1 Å². The Hall–Kier alpha value is -1.96. The number of aromatic nitrogens is 2. The van der Waals surface area contributed by atoms with Gasteiger partial charge in [-0.2, -0.15) is 0 Å². The second-order valence-electron chi connectivity index (χ2n) is 4.17. The number of benzene rings is 1. The first-order chi connectivity index (χ1) is 7.75. The molecule has 78 valence electrons. The molecule has 2 aromatic heterocycles. The fourth-order valence-corrected chi connectivity index (χ4v) is 2.06. The maximum atomic E-state index is 4.49. The van der Waals surface area contributed by atoms with Gasteiger partial charge < -0.3 is 0 Å². The van der Waals surface area contributed by atoms with Gasteiger partial charge in [0.1, 0.15) is 0 Å². The summed E-state index contributed by atoms with van der Waals surface area (Å²) in [6, 6.07) is 8.42. The second kappa shape index (κ2) is 3.27. The van der Waals surface area contributed by atoms with E-state index in [1.165, 1.54) is 16.5 Å². The molecule has 0 saturated carbocycles. The zero-order valence-corrected chi connectivity index (χ0v) is 9.36. The molecule has 2 heteroatoms. The van der Waals surface area contributed by atoms with E-state index in [2.05, 4.69) is 42.0 Å². The normalized spacial score (nSPS) is 11.1. The molecule has 2 nitrogen and oxygen atoms in total. The van der Waals surface area contributed by atoms with Crippen molar-refractivity contribution in [3.63, 3.8) is 0 Å². The first-order valence-corrected chi connectivity index (χ1v) is 5.36. The molecule has 3 aromatic rings. The van der Waals surface area contributed by atoms with E-state index < -0.39 is 0 Å². The zero-order chi connectivity index (χ0) is 11.1. The molecule has 0 aliphatic heterocycles. The lowest BCUT2D eigenvalue weighted by molar-refractivity contribution is 1.32. The van der Waals surface area contributed by atoms with Crippen LogP contribution in [0.4, 0.5) is 0 Å². The third kappa shape index (κ3) is 1.27. The van der Waals surface area contributed by atoms with Gasteiger partial charge >= 0.3 is 0 Å². The highest BCUT2D eigenvalue weighted by atomic mass is 14.7. The number of nitrogens with zero attached hydrogens (tertiary/aromatic N) is 2. The largest absolute Gasteiger partial charge is 0.254 e. The van der Waals surface area contributed by atoms with Crippen molar-refractivity contribution >= 4 is 21.8 Å². The summed E-state index contributed by atoms with van der Waals surface area (Å²) in [5.74, 6) is 0. The highest BCUT2D eigenvalue weighted by molar-refractivity contribution is 6.03. The van der Waals surface area contributed by atoms with Gasteiger partial charge in [-0.3, -0.25) is 9.97 Å². The number of hydrogen-bond donors (Lipinski definition) is 0. The van der Waals surface area contributed by atoms with E-state index in [1.807, 2.05) is 18.5 Å². The van der Waals surface area contributed by atoms with Gasteiger partial charge in [0.25, 0.3) is 0 Å². The molecule has 0 spiro atoms. The Bertz CT molecular complexity index is 687. The van der Waals surface area contributed by atoms with Gasteiger partial charge in [0.15, 0.2) is 0 Å². The molecule has 0 amide bonds. The molecule has 0 aliphatic rings. The first kappa shape index (κ1) is 9.28. The number of hydrogen-bond acceptors (Lipinski definition) is 2. The number of rotatable bonds is 0. The van der Waals surface area contributed by atoms with Crippen LogP contribution < -0.4 is 0 Å². The van der Waals surface area contributed by atoms with Crippen molar-refractivity contribution in [2.24, 2.45) is 0 Å². The Kier molecular flexibility index (Phi) is 1.90. The topological polar surface area (TPSA) is 25.8 Å². The van der Waals surface area contributed by atoms with Crippen LogP contribution in [0.3, 0.4) is 0 Å². The van der Waals surface area contributed by atoms with Crippen molar-refractivity contribution in [3.05, 3.63) is 47.8 Å². The van der Waals surface area contributed by atoms with E-state index in [0.29, 0.717) is 0 Å². The van der Waals surface area contributed by atoms with Crippen molar-refractivity contribution in [1.82, 2.24) is 9.97 Å². The quantitative estimate of drug-likeness (QED) is 0.529. The minimum absolute atomic E-state index is 0.992. The third-order valence-corrected chi connectivity index (χ3v) is 2.92. The summed E-state index contributed by atoms with van der Waals surface area (Å²) in [6.07, 6.45) is 3.74. The minimum atomic E-state index is 0.992. The molecule has 3 rings (SSSR count). The minimum Gasteiger partial charge on any atom is -0.254 e. The fourth-order valence-electron chi connectivity index (χ4n) is 2.06. The van der Waals surface area contributed by atoms with Crippen LogP contribution in [0, 0.1) is 13.8 Å². The van der Waals surface area contributed by atoms with Crippen molar-refractivity contribution in [2.75, 3.05) is 0 Å². The van der Waals surface area contributed by atoms with Crippen LogP contribution in [0.25, 0.3) is 21.8 Å². The van der Waals surface area contributed by atoms with Gasteiger partial charge in [-0.1, -0.05) is 12.1 Å². The van der Waals surface area contributed by atoms with Gasteiger partial charge in [0, 0.05) is 23.2 Å². The monoisotopic (exact) mass is 208 g/mol. The maximum Gasteiger partial charge on any atom is 0.0967 e. The predicted molar refractivity (Wildman–Crippen MR) is 66.5 cm³/mol. The van der Waals surface area contributed by atoms with E-state index in [0.717, 1.165) is 16.4 Å². The molecule has 0 unspecified atom stereocenters. The predicted octanol–water partition coefficient (Wildman–Crippen LogP) is 3.40.